The number of ether oxygens (including phenoxy) is 1. The Balaban J connectivity index is 1.22. The molecular weight excluding hydrogens is 545 g/mol. The van der Waals surface area contributed by atoms with E-state index in [9.17, 15) is 10.2 Å². The molecule has 9 heteroatoms. The largest absolute Gasteiger partial charge is 0.508 e. The maximum absolute atomic E-state index is 16.8. The Kier molecular flexibility index (Phi) is 6.22. The Morgan fingerprint density at radius 3 is 2.63 bits per heavy atom. The van der Waals surface area contributed by atoms with Gasteiger partial charge in [0.25, 0.3) is 0 Å². The summed E-state index contributed by atoms with van der Waals surface area (Å²) in [6, 6.07) is 5.94. The number of aliphatic hydroxyl groups is 1. The van der Waals surface area contributed by atoms with Gasteiger partial charge in [-0.05, 0) is 107 Å². The highest BCUT2D eigenvalue weighted by Crippen LogP contribution is 2.66. The fourth-order valence-electron chi connectivity index (χ4n) is 9.30. The Morgan fingerprint density at radius 2 is 1.86 bits per heavy atom. The molecule has 3 aromatic rings. The van der Waals surface area contributed by atoms with Gasteiger partial charge in [0.05, 0.1) is 17.6 Å². The molecule has 6 aliphatic rings. The first-order valence-corrected chi connectivity index (χ1v) is 16.2. The van der Waals surface area contributed by atoms with E-state index in [0.717, 1.165) is 63.0 Å². The van der Waals surface area contributed by atoms with Crippen LogP contribution in [0.4, 0.5) is 10.2 Å². The molecule has 228 valence electrons. The van der Waals surface area contributed by atoms with E-state index in [-0.39, 0.29) is 33.8 Å². The number of phenolic OH excluding ortho intramolecular Hbond substituents is 1. The zero-order valence-electron chi connectivity index (χ0n) is 25.3. The summed E-state index contributed by atoms with van der Waals surface area (Å²) in [5.41, 5.74) is 1.32. The average molecular weight is 588 g/mol. The third-order valence-corrected chi connectivity index (χ3v) is 11.6. The van der Waals surface area contributed by atoms with Gasteiger partial charge in [-0.25, -0.2) is 4.39 Å². The predicted octanol–water partition coefficient (Wildman–Crippen LogP) is 5.58. The van der Waals surface area contributed by atoms with Gasteiger partial charge >= 0.3 is 6.01 Å². The number of aromatic nitrogens is 3. The second kappa shape index (κ2) is 9.73. The summed E-state index contributed by atoms with van der Waals surface area (Å²) in [4.78, 5) is 18.7. The van der Waals surface area contributed by atoms with Crippen LogP contribution in [0.5, 0.6) is 11.8 Å². The molecule has 2 aromatic heterocycles. The lowest BCUT2D eigenvalue weighted by molar-refractivity contribution is -0.0269. The van der Waals surface area contributed by atoms with Crippen molar-refractivity contribution < 1.29 is 19.3 Å². The van der Waals surface area contributed by atoms with Gasteiger partial charge in [-0.1, -0.05) is 12.5 Å². The van der Waals surface area contributed by atoms with Crippen LogP contribution in [0.15, 0.2) is 24.4 Å². The fraction of sp³-hybridized carbons (Fsp3) is 0.618. The van der Waals surface area contributed by atoms with Crippen molar-refractivity contribution >= 4 is 16.7 Å². The fourth-order valence-corrected chi connectivity index (χ4v) is 9.30. The lowest BCUT2D eigenvalue weighted by atomic mass is 9.42. The number of aromatic hydroxyl groups is 1. The molecule has 43 heavy (non-hydrogen) atoms. The first-order valence-electron chi connectivity index (χ1n) is 16.2. The van der Waals surface area contributed by atoms with Crippen LogP contribution >= 0.6 is 0 Å². The highest BCUT2D eigenvalue weighted by atomic mass is 19.1. The number of pyridine rings is 1. The summed E-state index contributed by atoms with van der Waals surface area (Å²) in [6.07, 6.45) is 12.2. The minimum Gasteiger partial charge on any atom is -0.508 e. The number of halogens is 1. The summed E-state index contributed by atoms with van der Waals surface area (Å²) >= 11 is 0. The predicted molar refractivity (Wildman–Crippen MR) is 163 cm³/mol. The van der Waals surface area contributed by atoms with Crippen molar-refractivity contribution in [3.8, 4) is 23.0 Å². The second-order valence-electron chi connectivity index (χ2n) is 14.7. The number of fused-ring (bicyclic) bond motifs is 2. The number of hydrogen-bond donors (Lipinski definition) is 2. The van der Waals surface area contributed by atoms with Gasteiger partial charge in [0.15, 0.2) is 5.82 Å². The van der Waals surface area contributed by atoms with E-state index in [4.69, 9.17) is 14.7 Å². The number of rotatable bonds is 6. The molecule has 2 aliphatic heterocycles. The number of hydrogen-bond acceptors (Lipinski definition) is 8. The molecule has 4 heterocycles. The Labute approximate surface area is 252 Å². The molecule has 4 saturated carbocycles. The molecule has 2 bridgehead atoms. The van der Waals surface area contributed by atoms with E-state index in [1.165, 1.54) is 12.8 Å². The van der Waals surface area contributed by atoms with E-state index in [0.29, 0.717) is 48.9 Å². The Morgan fingerprint density at radius 1 is 1.07 bits per heavy atom. The third-order valence-electron chi connectivity index (χ3n) is 11.6. The summed E-state index contributed by atoms with van der Waals surface area (Å²) in [6.45, 7) is 4.54. The maximum Gasteiger partial charge on any atom is 0.319 e. The van der Waals surface area contributed by atoms with Gasteiger partial charge in [0.1, 0.15) is 22.8 Å². The number of anilines is 1. The SMILES string of the molecule is CN1CCCC2(COc3nc(N4CCCC(C)(O)C4)c4cnc(-c5cc(O)ccc5C56CC(C5)C6)c(F)c4n3)CCCC12. The van der Waals surface area contributed by atoms with Crippen LogP contribution in [0.3, 0.4) is 0 Å². The lowest BCUT2D eigenvalue weighted by Crippen LogP contribution is -2.55. The summed E-state index contributed by atoms with van der Waals surface area (Å²) < 4.78 is 23.2. The minimum atomic E-state index is -0.871. The monoisotopic (exact) mass is 587 g/mol. The highest BCUT2D eigenvalue weighted by molar-refractivity contribution is 5.92. The van der Waals surface area contributed by atoms with Crippen LogP contribution in [0, 0.1) is 17.2 Å². The van der Waals surface area contributed by atoms with Gasteiger partial charge in [-0.2, -0.15) is 9.97 Å². The van der Waals surface area contributed by atoms with Crippen LogP contribution in [0.2, 0.25) is 0 Å². The van der Waals surface area contributed by atoms with Crippen molar-refractivity contribution in [2.45, 2.75) is 88.2 Å². The zero-order chi connectivity index (χ0) is 29.6. The highest BCUT2D eigenvalue weighted by Gasteiger charge is 2.58. The summed E-state index contributed by atoms with van der Waals surface area (Å²) in [5.74, 6) is 0.880. The third kappa shape index (κ3) is 4.40. The molecule has 2 N–H and O–H groups in total. The number of nitrogens with zero attached hydrogens (tertiary/aromatic N) is 5. The van der Waals surface area contributed by atoms with E-state index < -0.39 is 11.4 Å². The van der Waals surface area contributed by atoms with Crippen LogP contribution < -0.4 is 9.64 Å². The molecule has 3 unspecified atom stereocenters. The van der Waals surface area contributed by atoms with Crippen molar-refractivity contribution in [3.05, 3.63) is 35.8 Å². The number of benzene rings is 1. The molecule has 9 rings (SSSR count). The first-order chi connectivity index (χ1) is 20.7. The number of piperidine rings is 2. The second-order valence-corrected chi connectivity index (χ2v) is 14.7. The summed E-state index contributed by atoms with van der Waals surface area (Å²) in [7, 11) is 2.21. The van der Waals surface area contributed by atoms with Gasteiger partial charge < -0.3 is 24.7 Å². The van der Waals surface area contributed by atoms with Crippen LogP contribution in [0.1, 0.15) is 76.7 Å². The van der Waals surface area contributed by atoms with Crippen LogP contribution in [-0.2, 0) is 5.41 Å². The van der Waals surface area contributed by atoms with Gasteiger partial charge in [0.2, 0.25) is 0 Å². The van der Waals surface area contributed by atoms with Crippen molar-refractivity contribution in [1.82, 2.24) is 19.9 Å². The topological polar surface area (TPSA) is 94.8 Å². The molecule has 2 saturated heterocycles. The molecule has 6 fully saturated rings. The van der Waals surface area contributed by atoms with Gasteiger partial charge in [-0.3, -0.25) is 4.98 Å². The number of likely N-dealkylation sites (tertiary alicyclic amines) is 1. The molecule has 4 aliphatic carbocycles. The first kappa shape index (κ1) is 27.5. The smallest absolute Gasteiger partial charge is 0.319 e. The molecule has 0 spiro atoms. The lowest BCUT2D eigenvalue weighted by Gasteiger charge is -2.62. The zero-order valence-corrected chi connectivity index (χ0v) is 25.3. The van der Waals surface area contributed by atoms with Crippen molar-refractivity contribution in [2.24, 2.45) is 11.3 Å². The molecule has 0 amide bonds. The standard InChI is InChI=1S/C34H42FN5O3/c1-32(42)9-4-13-40(19-32)30-24-18-36-28(23-14-22(41)7-8-25(23)34-15-21(16-34)17-34)27(35)29(24)37-31(38-30)43-20-33-10-3-6-26(33)39(2)12-5-11-33/h7-8,14,18,21,26,41-42H,3-6,9-13,15-17,19-20H2,1-2H3. The molecule has 3 atom stereocenters. The van der Waals surface area contributed by atoms with Crippen LogP contribution in [0.25, 0.3) is 22.2 Å². The molecular formula is C34H42FN5O3. The van der Waals surface area contributed by atoms with Crippen LogP contribution in [-0.4, -0.2) is 75.0 Å². The van der Waals surface area contributed by atoms with E-state index in [1.54, 1.807) is 18.3 Å². The number of β-amino-alcohol motifs (C(OH)–C–C–N with tert-alkyl or cyclic N) is 1. The molecule has 0 radical (unpaired) electrons. The minimum absolute atomic E-state index is 0.0569. The van der Waals surface area contributed by atoms with Gasteiger partial charge in [-0.15, -0.1) is 0 Å². The average Bonchev–Trinajstić information content (AvgIpc) is 3.36. The normalized spacial score (nSPS) is 33.6. The van der Waals surface area contributed by atoms with Crippen molar-refractivity contribution in [2.75, 3.05) is 38.2 Å². The Bertz CT molecular complexity index is 1580. The van der Waals surface area contributed by atoms with Crippen molar-refractivity contribution in [3.63, 3.8) is 0 Å². The van der Waals surface area contributed by atoms with Gasteiger partial charge in [0, 0.05) is 36.3 Å². The number of phenols is 1. The van der Waals surface area contributed by atoms with Crippen molar-refractivity contribution in [1.29, 1.82) is 0 Å². The maximum atomic E-state index is 16.8. The van der Waals surface area contributed by atoms with E-state index in [2.05, 4.69) is 16.9 Å². The molecule has 8 nitrogen and oxygen atoms in total. The van der Waals surface area contributed by atoms with E-state index >= 15 is 4.39 Å². The molecule has 1 aromatic carbocycles. The quantitative estimate of drug-likeness (QED) is 0.386. The summed E-state index contributed by atoms with van der Waals surface area (Å²) in [5, 5.41) is 21.9. The Hall–Kier alpha value is -3.04. The van der Waals surface area contributed by atoms with E-state index in [1.807, 2.05) is 17.9 Å².